The van der Waals surface area contributed by atoms with Gasteiger partial charge in [0.2, 0.25) is 11.8 Å². The lowest BCUT2D eigenvalue weighted by atomic mass is 9.89. The Balaban J connectivity index is 1.45. The van der Waals surface area contributed by atoms with Gasteiger partial charge in [0.25, 0.3) is 0 Å². The second kappa shape index (κ2) is 7.56. The average molecular weight is 386 g/mol. The summed E-state index contributed by atoms with van der Waals surface area (Å²) in [4.78, 5) is 31.8. The van der Waals surface area contributed by atoms with Gasteiger partial charge in [-0.25, -0.2) is 4.98 Å². The first-order chi connectivity index (χ1) is 13.2. The number of anilines is 2. The van der Waals surface area contributed by atoms with Crippen molar-refractivity contribution in [2.45, 2.75) is 31.7 Å². The molecule has 0 radical (unpaired) electrons. The normalized spacial score (nSPS) is 18.8. The predicted molar refractivity (Wildman–Crippen MR) is 104 cm³/mol. The van der Waals surface area contributed by atoms with E-state index in [1.54, 1.807) is 24.5 Å². The van der Waals surface area contributed by atoms with Crippen LogP contribution in [0, 0.1) is 0 Å². The standard InChI is InChI=1S/C19H22N4O3S/c1-26-15-6-4-5-13-14(9-16(24)22-17(13)15)18(25)20-10-12-11-27-19(21-12)23-7-2-3-8-23/h4-6,11,14H,2-3,7-10H2,1H3,(H,20,25)(H,22,24). The highest BCUT2D eigenvalue weighted by molar-refractivity contribution is 7.13. The van der Waals surface area contributed by atoms with Gasteiger partial charge in [0, 0.05) is 24.9 Å². The topological polar surface area (TPSA) is 83.6 Å². The molecule has 1 unspecified atom stereocenters. The van der Waals surface area contributed by atoms with Gasteiger partial charge in [-0.15, -0.1) is 11.3 Å². The highest BCUT2D eigenvalue weighted by Gasteiger charge is 2.32. The third-order valence-electron chi connectivity index (χ3n) is 4.98. The number of nitrogens with one attached hydrogen (secondary N) is 2. The Morgan fingerprint density at radius 2 is 2.22 bits per heavy atom. The van der Waals surface area contributed by atoms with Crippen molar-refractivity contribution in [3.63, 3.8) is 0 Å². The van der Waals surface area contributed by atoms with Gasteiger partial charge >= 0.3 is 0 Å². The molecule has 27 heavy (non-hydrogen) atoms. The zero-order valence-corrected chi connectivity index (χ0v) is 16.0. The molecule has 0 spiro atoms. The Morgan fingerprint density at radius 1 is 1.41 bits per heavy atom. The van der Waals surface area contributed by atoms with Crippen LogP contribution in [0.2, 0.25) is 0 Å². The van der Waals surface area contributed by atoms with Crippen LogP contribution in [-0.4, -0.2) is 37.0 Å². The minimum absolute atomic E-state index is 0.127. The lowest BCUT2D eigenvalue weighted by Crippen LogP contribution is -2.35. The fourth-order valence-corrected chi connectivity index (χ4v) is 4.47. The summed E-state index contributed by atoms with van der Waals surface area (Å²) in [7, 11) is 1.55. The third-order valence-corrected chi connectivity index (χ3v) is 5.93. The molecule has 142 valence electrons. The molecule has 3 heterocycles. The number of carbonyl (C=O) groups excluding carboxylic acids is 2. The highest BCUT2D eigenvalue weighted by atomic mass is 32.1. The number of hydrogen-bond acceptors (Lipinski definition) is 6. The van der Waals surface area contributed by atoms with Crippen LogP contribution in [-0.2, 0) is 16.1 Å². The smallest absolute Gasteiger partial charge is 0.228 e. The summed E-state index contributed by atoms with van der Waals surface area (Å²) < 4.78 is 5.31. The third kappa shape index (κ3) is 3.62. The summed E-state index contributed by atoms with van der Waals surface area (Å²) >= 11 is 1.61. The molecule has 1 aromatic carbocycles. The van der Waals surface area contributed by atoms with Crippen LogP contribution in [0.1, 0.15) is 36.4 Å². The van der Waals surface area contributed by atoms with E-state index in [1.807, 2.05) is 17.5 Å². The second-order valence-corrected chi connectivity index (χ2v) is 7.60. The number of nitrogens with zero attached hydrogens (tertiary/aromatic N) is 2. The first-order valence-corrected chi connectivity index (χ1v) is 9.97. The quantitative estimate of drug-likeness (QED) is 0.825. The molecule has 2 amide bonds. The number of thiazole rings is 1. The van der Waals surface area contributed by atoms with E-state index in [2.05, 4.69) is 20.5 Å². The lowest BCUT2D eigenvalue weighted by Gasteiger charge is -2.26. The second-order valence-electron chi connectivity index (χ2n) is 6.76. The molecule has 8 heteroatoms. The summed E-state index contributed by atoms with van der Waals surface area (Å²) in [5.74, 6) is -0.319. The number of benzene rings is 1. The van der Waals surface area contributed by atoms with Gasteiger partial charge < -0.3 is 20.3 Å². The first kappa shape index (κ1) is 17.8. The van der Waals surface area contributed by atoms with E-state index in [9.17, 15) is 9.59 Å². The molecule has 0 bridgehead atoms. The van der Waals surface area contributed by atoms with Gasteiger partial charge in [0.1, 0.15) is 5.75 Å². The number of hydrogen-bond donors (Lipinski definition) is 2. The number of fused-ring (bicyclic) bond motifs is 1. The van der Waals surface area contributed by atoms with Crippen LogP contribution >= 0.6 is 11.3 Å². The van der Waals surface area contributed by atoms with Crippen molar-refractivity contribution in [3.8, 4) is 5.75 Å². The number of amides is 2. The largest absolute Gasteiger partial charge is 0.495 e. The molecular weight excluding hydrogens is 364 g/mol. The zero-order valence-electron chi connectivity index (χ0n) is 15.2. The Kier molecular flexibility index (Phi) is 4.98. The van der Waals surface area contributed by atoms with E-state index in [0.29, 0.717) is 18.0 Å². The molecule has 1 aromatic heterocycles. The number of methoxy groups -OCH3 is 1. The maximum atomic E-state index is 12.8. The lowest BCUT2D eigenvalue weighted by molar-refractivity contribution is -0.126. The molecule has 2 aromatic rings. The van der Waals surface area contributed by atoms with Crippen molar-refractivity contribution in [1.82, 2.24) is 10.3 Å². The van der Waals surface area contributed by atoms with E-state index in [4.69, 9.17) is 4.74 Å². The minimum atomic E-state index is -0.527. The van der Waals surface area contributed by atoms with Crippen molar-refractivity contribution in [2.75, 3.05) is 30.4 Å². The van der Waals surface area contributed by atoms with E-state index < -0.39 is 5.92 Å². The molecule has 1 atom stereocenters. The number of carbonyl (C=O) groups is 2. The maximum absolute atomic E-state index is 12.8. The van der Waals surface area contributed by atoms with Crippen LogP contribution in [0.15, 0.2) is 23.6 Å². The van der Waals surface area contributed by atoms with Crippen molar-refractivity contribution in [2.24, 2.45) is 0 Å². The molecule has 0 aliphatic carbocycles. The Hall–Kier alpha value is -2.61. The Bertz CT molecular complexity index is 860. The fourth-order valence-electron chi connectivity index (χ4n) is 3.59. The molecule has 2 aliphatic heterocycles. The summed E-state index contributed by atoms with van der Waals surface area (Å²) in [6.45, 7) is 2.46. The van der Waals surface area contributed by atoms with E-state index in [0.717, 1.165) is 29.5 Å². The first-order valence-electron chi connectivity index (χ1n) is 9.09. The van der Waals surface area contributed by atoms with Crippen molar-refractivity contribution < 1.29 is 14.3 Å². The Morgan fingerprint density at radius 3 is 3.00 bits per heavy atom. The fraction of sp³-hybridized carbons (Fsp3) is 0.421. The molecular formula is C19H22N4O3S. The molecule has 2 aliphatic rings. The number of para-hydroxylation sites is 1. The van der Waals surface area contributed by atoms with Gasteiger partial charge in [0.15, 0.2) is 5.13 Å². The average Bonchev–Trinajstić information content (AvgIpc) is 3.36. The maximum Gasteiger partial charge on any atom is 0.228 e. The summed E-state index contributed by atoms with van der Waals surface area (Å²) in [5, 5.41) is 8.75. The molecule has 1 saturated heterocycles. The van der Waals surface area contributed by atoms with Crippen molar-refractivity contribution in [1.29, 1.82) is 0 Å². The molecule has 2 N–H and O–H groups in total. The van der Waals surface area contributed by atoms with Gasteiger partial charge in [-0.2, -0.15) is 0 Å². The van der Waals surface area contributed by atoms with Crippen LogP contribution < -0.4 is 20.3 Å². The summed E-state index contributed by atoms with van der Waals surface area (Å²) in [6.07, 6.45) is 2.54. The predicted octanol–water partition coefficient (Wildman–Crippen LogP) is 2.49. The van der Waals surface area contributed by atoms with E-state index in [-0.39, 0.29) is 18.2 Å². The van der Waals surface area contributed by atoms with E-state index >= 15 is 0 Å². The molecule has 7 nitrogen and oxygen atoms in total. The van der Waals surface area contributed by atoms with Crippen LogP contribution in [0.25, 0.3) is 0 Å². The zero-order chi connectivity index (χ0) is 18.8. The number of ether oxygens (including phenoxy) is 1. The summed E-state index contributed by atoms with van der Waals surface area (Å²) in [6, 6.07) is 5.46. The molecule has 4 rings (SSSR count). The number of rotatable bonds is 5. The monoisotopic (exact) mass is 386 g/mol. The van der Waals surface area contributed by atoms with Gasteiger partial charge in [0.05, 0.1) is 31.0 Å². The van der Waals surface area contributed by atoms with E-state index in [1.165, 1.54) is 12.8 Å². The van der Waals surface area contributed by atoms with Gasteiger partial charge in [-0.3, -0.25) is 9.59 Å². The van der Waals surface area contributed by atoms with Gasteiger partial charge in [-0.1, -0.05) is 12.1 Å². The SMILES string of the molecule is COc1cccc2c1NC(=O)CC2C(=O)NCc1csc(N2CCCC2)n1. The van der Waals surface area contributed by atoms with Gasteiger partial charge in [-0.05, 0) is 24.5 Å². The summed E-state index contributed by atoms with van der Waals surface area (Å²) in [5.41, 5.74) is 2.21. The van der Waals surface area contributed by atoms with Crippen molar-refractivity contribution >= 4 is 34.0 Å². The van der Waals surface area contributed by atoms with Crippen LogP contribution in [0.4, 0.5) is 10.8 Å². The van der Waals surface area contributed by atoms with Crippen LogP contribution in [0.3, 0.4) is 0 Å². The highest BCUT2D eigenvalue weighted by Crippen LogP contribution is 2.38. The molecule has 1 fully saturated rings. The van der Waals surface area contributed by atoms with Crippen LogP contribution in [0.5, 0.6) is 5.75 Å². The molecule has 0 saturated carbocycles. The minimum Gasteiger partial charge on any atom is -0.495 e. The Labute approximate surface area is 161 Å². The van der Waals surface area contributed by atoms with Crippen molar-refractivity contribution in [3.05, 3.63) is 34.8 Å². The number of aromatic nitrogens is 1.